The number of aliphatic hydroxyl groups is 1. The van der Waals surface area contributed by atoms with Crippen molar-refractivity contribution >= 4 is 17.2 Å². The van der Waals surface area contributed by atoms with E-state index in [2.05, 4.69) is 5.32 Å². The molecule has 4 rings (SSSR count). The molecule has 3 aromatic rings. The Bertz CT molecular complexity index is 927. The standard InChI is InChI=1S/C21H21NO4S/c1-25-18-6-3-2-5-15(18)21(8-9-21)20(24)22-12-16(23)19-11-14(13-27-19)17-7-4-10-26-17/h2-7,10-11,13,16,23H,8-9,12H2,1H3,(H,22,24). The van der Waals surface area contributed by atoms with E-state index in [0.29, 0.717) is 0 Å². The van der Waals surface area contributed by atoms with Gasteiger partial charge in [0.1, 0.15) is 17.6 Å². The number of hydrogen-bond donors (Lipinski definition) is 2. The van der Waals surface area contributed by atoms with Gasteiger partial charge in [-0.05, 0) is 37.1 Å². The molecule has 1 amide bonds. The second kappa shape index (κ2) is 7.21. The fourth-order valence-corrected chi connectivity index (χ4v) is 4.23. The van der Waals surface area contributed by atoms with Crippen molar-refractivity contribution in [2.24, 2.45) is 0 Å². The summed E-state index contributed by atoms with van der Waals surface area (Å²) in [7, 11) is 1.62. The largest absolute Gasteiger partial charge is 0.496 e. The highest BCUT2D eigenvalue weighted by Gasteiger charge is 2.52. The fraction of sp³-hybridized carbons (Fsp3) is 0.286. The first-order chi connectivity index (χ1) is 13.1. The van der Waals surface area contributed by atoms with Crippen molar-refractivity contribution in [3.8, 4) is 17.1 Å². The van der Waals surface area contributed by atoms with Crippen LogP contribution in [-0.2, 0) is 10.2 Å². The second-order valence-corrected chi connectivity index (χ2v) is 7.67. The van der Waals surface area contributed by atoms with Crippen LogP contribution in [0.4, 0.5) is 0 Å². The van der Waals surface area contributed by atoms with Crippen LogP contribution in [0.2, 0.25) is 0 Å². The Morgan fingerprint density at radius 1 is 1.33 bits per heavy atom. The zero-order chi connectivity index (χ0) is 18.9. The lowest BCUT2D eigenvalue weighted by Gasteiger charge is -2.19. The predicted octanol–water partition coefficient (Wildman–Crippen LogP) is 3.90. The first-order valence-corrected chi connectivity index (χ1v) is 9.74. The molecule has 2 N–H and O–H groups in total. The molecule has 0 bridgehead atoms. The number of carbonyl (C=O) groups is 1. The molecule has 27 heavy (non-hydrogen) atoms. The molecule has 0 spiro atoms. The monoisotopic (exact) mass is 383 g/mol. The molecule has 1 atom stereocenters. The predicted molar refractivity (Wildman–Crippen MR) is 104 cm³/mol. The molecule has 1 fully saturated rings. The molecule has 2 aromatic heterocycles. The van der Waals surface area contributed by atoms with Gasteiger partial charge in [-0.1, -0.05) is 18.2 Å². The van der Waals surface area contributed by atoms with Crippen LogP contribution in [0.3, 0.4) is 0 Å². The Balaban J connectivity index is 1.42. The van der Waals surface area contributed by atoms with Crippen LogP contribution in [0, 0.1) is 0 Å². The lowest BCUT2D eigenvalue weighted by molar-refractivity contribution is -0.124. The number of ether oxygens (including phenoxy) is 1. The molecular formula is C21H21NO4S. The number of amides is 1. The number of benzene rings is 1. The van der Waals surface area contributed by atoms with Gasteiger partial charge >= 0.3 is 0 Å². The Kier molecular flexibility index (Phi) is 4.76. The van der Waals surface area contributed by atoms with Gasteiger partial charge in [-0.2, -0.15) is 0 Å². The van der Waals surface area contributed by atoms with Crippen LogP contribution in [0.15, 0.2) is 58.5 Å². The Morgan fingerprint density at radius 2 is 2.15 bits per heavy atom. The average Bonchev–Trinajstić information content (AvgIpc) is 3.10. The third-order valence-corrected chi connectivity index (χ3v) is 6.05. The van der Waals surface area contributed by atoms with Crippen LogP contribution in [-0.4, -0.2) is 24.7 Å². The normalized spacial score (nSPS) is 15.9. The van der Waals surface area contributed by atoms with E-state index in [-0.39, 0.29) is 12.5 Å². The number of thiophene rings is 1. The summed E-state index contributed by atoms with van der Waals surface area (Å²) in [6.07, 6.45) is 2.44. The maximum absolute atomic E-state index is 12.8. The van der Waals surface area contributed by atoms with E-state index < -0.39 is 11.5 Å². The highest BCUT2D eigenvalue weighted by Crippen LogP contribution is 2.51. The number of para-hydroxylation sites is 1. The minimum absolute atomic E-state index is 0.0612. The number of carbonyl (C=O) groups excluding carboxylic acids is 1. The first-order valence-electron chi connectivity index (χ1n) is 8.86. The zero-order valence-corrected chi connectivity index (χ0v) is 15.8. The molecule has 1 saturated carbocycles. The summed E-state index contributed by atoms with van der Waals surface area (Å²) in [6, 6.07) is 13.2. The SMILES string of the molecule is COc1ccccc1C1(C(=O)NCC(O)c2cc(-c3ccco3)cs2)CC1. The molecule has 1 aromatic carbocycles. The molecule has 2 heterocycles. The van der Waals surface area contributed by atoms with Crippen molar-refractivity contribution in [1.82, 2.24) is 5.32 Å². The van der Waals surface area contributed by atoms with E-state index in [1.165, 1.54) is 11.3 Å². The van der Waals surface area contributed by atoms with Gasteiger partial charge in [-0.15, -0.1) is 11.3 Å². The van der Waals surface area contributed by atoms with E-state index in [9.17, 15) is 9.90 Å². The van der Waals surface area contributed by atoms with Gasteiger partial charge in [-0.3, -0.25) is 4.79 Å². The maximum Gasteiger partial charge on any atom is 0.230 e. The average molecular weight is 383 g/mol. The van der Waals surface area contributed by atoms with Crippen LogP contribution < -0.4 is 10.1 Å². The van der Waals surface area contributed by atoms with Gasteiger partial charge < -0.3 is 19.6 Å². The Hall–Kier alpha value is -2.57. The van der Waals surface area contributed by atoms with Gasteiger partial charge in [0.05, 0.1) is 18.8 Å². The van der Waals surface area contributed by atoms with E-state index in [4.69, 9.17) is 9.15 Å². The number of hydrogen-bond acceptors (Lipinski definition) is 5. The van der Waals surface area contributed by atoms with Crippen molar-refractivity contribution in [1.29, 1.82) is 0 Å². The van der Waals surface area contributed by atoms with E-state index in [1.54, 1.807) is 13.4 Å². The molecular weight excluding hydrogens is 362 g/mol. The molecule has 0 saturated heterocycles. The highest BCUT2D eigenvalue weighted by molar-refractivity contribution is 7.10. The van der Waals surface area contributed by atoms with E-state index >= 15 is 0 Å². The number of methoxy groups -OCH3 is 1. The second-order valence-electron chi connectivity index (χ2n) is 6.72. The summed E-state index contributed by atoms with van der Waals surface area (Å²) in [5.41, 5.74) is 1.30. The lowest BCUT2D eigenvalue weighted by atomic mass is 9.94. The minimum Gasteiger partial charge on any atom is -0.496 e. The summed E-state index contributed by atoms with van der Waals surface area (Å²) in [5, 5.41) is 15.3. The first kappa shape index (κ1) is 17.8. The van der Waals surface area contributed by atoms with Gasteiger partial charge in [0, 0.05) is 27.9 Å². The number of rotatable bonds is 7. The molecule has 0 aliphatic heterocycles. The molecule has 1 aliphatic rings. The quantitative estimate of drug-likeness (QED) is 0.649. The third kappa shape index (κ3) is 3.38. The number of nitrogens with one attached hydrogen (secondary N) is 1. The van der Waals surface area contributed by atoms with Crippen molar-refractivity contribution in [3.05, 3.63) is 64.5 Å². The molecule has 1 unspecified atom stereocenters. The van der Waals surface area contributed by atoms with Crippen molar-refractivity contribution < 1.29 is 19.1 Å². The fourth-order valence-electron chi connectivity index (χ4n) is 3.34. The number of furan rings is 1. The topological polar surface area (TPSA) is 71.7 Å². The smallest absolute Gasteiger partial charge is 0.230 e. The lowest BCUT2D eigenvalue weighted by Crippen LogP contribution is -2.37. The molecule has 1 aliphatic carbocycles. The molecule has 5 nitrogen and oxygen atoms in total. The van der Waals surface area contributed by atoms with Crippen molar-refractivity contribution in [2.75, 3.05) is 13.7 Å². The molecule has 6 heteroatoms. The Morgan fingerprint density at radius 3 is 2.85 bits per heavy atom. The van der Waals surface area contributed by atoms with Crippen LogP contribution in [0.25, 0.3) is 11.3 Å². The van der Waals surface area contributed by atoms with Crippen LogP contribution >= 0.6 is 11.3 Å². The number of aliphatic hydroxyl groups excluding tert-OH is 1. The summed E-state index contributed by atoms with van der Waals surface area (Å²) in [4.78, 5) is 13.6. The molecule has 0 radical (unpaired) electrons. The maximum atomic E-state index is 12.8. The van der Waals surface area contributed by atoms with Crippen LogP contribution in [0.5, 0.6) is 5.75 Å². The van der Waals surface area contributed by atoms with Gasteiger partial charge in [0.25, 0.3) is 0 Å². The summed E-state index contributed by atoms with van der Waals surface area (Å²) < 4.78 is 10.8. The van der Waals surface area contributed by atoms with Crippen molar-refractivity contribution in [2.45, 2.75) is 24.4 Å². The summed E-state index contributed by atoms with van der Waals surface area (Å²) in [5.74, 6) is 1.43. The minimum atomic E-state index is -0.754. The van der Waals surface area contributed by atoms with E-state index in [0.717, 1.165) is 40.4 Å². The highest BCUT2D eigenvalue weighted by atomic mass is 32.1. The zero-order valence-electron chi connectivity index (χ0n) is 15.0. The molecule has 140 valence electrons. The Labute approximate surface area is 161 Å². The van der Waals surface area contributed by atoms with Gasteiger partial charge in [-0.25, -0.2) is 0 Å². The van der Waals surface area contributed by atoms with Crippen LogP contribution in [0.1, 0.15) is 29.4 Å². The summed E-state index contributed by atoms with van der Waals surface area (Å²) in [6.45, 7) is 0.174. The van der Waals surface area contributed by atoms with E-state index in [1.807, 2.05) is 47.8 Å². The van der Waals surface area contributed by atoms with Gasteiger partial charge in [0.2, 0.25) is 5.91 Å². The summed E-state index contributed by atoms with van der Waals surface area (Å²) >= 11 is 1.45. The van der Waals surface area contributed by atoms with Gasteiger partial charge in [0.15, 0.2) is 0 Å². The third-order valence-electron chi connectivity index (χ3n) is 5.02. The van der Waals surface area contributed by atoms with Crippen molar-refractivity contribution in [3.63, 3.8) is 0 Å².